The van der Waals surface area contributed by atoms with Crippen LogP contribution in [-0.2, 0) is 20.9 Å². The maximum atomic E-state index is 14.0. The van der Waals surface area contributed by atoms with E-state index < -0.39 is 29.0 Å². The topological polar surface area (TPSA) is 110 Å². The first-order valence-electron chi connectivity index (χ1n) is 13.7. The number of nitrogens with zero attached hydrogens (tertiary/aromatic N) is 3. The molecular weight excluding hydrogens is 508 g/mol. The molecule has 0 bridgehead atoms. The number of piperazine rings is 1. The first kappa shape index (κ1) is 28.9. The highest BCUT2D eigenvalue weighted by atomic mass is 19.2. The number of likely N-dealkylation sites (N-methyl/N-ethyl adjacent to an activating group) is 1. The summed E-state index contributed by atoms with van der Waals surface area (Å²) in [5.74, 6) is -3.46. The lowest BCUT2D eigenvalue weighted by Crippen LogP contribution is -2.64. The molecule has 4 rings (SSSR count). The molecule has 214 valence electrons. The molecule has 2 heterocycles. The molecule has 1 aromatic carbocycles. The number of ether oxygens (including phenoxy) is 1. The van der Waals surface area contributed by atoms with Crippen molar-refractivity contribution >= 4 is 28.6 Å². The van der Waals surface area contributed by atoms with Crippen molar-refractivity contribution in [2.45, 2.75) is 51.1 Å². The summed E-state index contributed by atoms with van der Waals surface area (Å²) >= 11 is 0. The Hall–Kier alpha value is -3.05. The summed E-state index contributed by atoms with van der Waals surface area (Å²) in [6.07, 6.45) is 4.88. The van der Waals surface area contributed by atoms with Gasteiger partial charge in [0.25, 0.3) is 5.91 Å². The van der Waals surface area contributed by atoms with Gasteiger partial charge in [0.1, 0.15) is 11.2 Å². The molecule has 3 amide bonds. The first-order chi connectivity index (χ1) is 18.6. The summed E-state index contributed by atoms with van der Waals surface area (Å²) in [5.41, 5.74) is 5.34. The molecule has 1 aliphatic heterocycles. The van der Waals surface area contributed by atoms with Gasteiger partial charge in [0.05, 0.1) is 18.0 Å². The normalized spacial score (nSPS) is 19.2. The second kappa shape index (κ2) is 12.0. The van der Waals surface area contributed by atoms with Gasteiger partial charge in [-0.15, -0.1) is 0 Å². The van der Waals surface area contributed by atoms with Crippen LogP contribution in [0.3, 0.4) is 0 Å². The highest BCUT2D eigenvalue weighted by Gasteiger charge is 2.49. The molecule has 2 fully saturated rings. The molecule has 2 aromatic rings. The smallest absolute Gasteiger partial charge is 0.270 e. The number of primary amides is 1. The number of nitrogens with one attached hydrogen (secondary N) is 1. The van der Waals surface area contributed by atoms with Crippen LogP contribution in [0.15, 0.2) is 18.2 Å². The van der Waals surface area contributed by atoms with E-state index in [1.807, 2.05) is 0 Å². The third-order valence-corrected chi connectivity index (χ3v) is 8.60. The van der Waals surface area contributed by atoms with Crippen LogP contribution in [0.4, 0.5) is 8.78 Å². The van der Waals surface area contributed by atoms with Crippen molar-refractivity contribution in [3.8, 4) is 0 Å². The Balaban J connectivity index is 1.53. The number of benzene rings is 1. The van der Waals surface area contributed by atoms with Crippen LogP contribution in [0, 0.1) is 23.5 Å². The van der Waals surface area contributed by atoms with Crippen molar-refractivity contribution < 1.29 is 27.9 Å². The standard InChI is InChI=1S/C28H39F2N5O4/c1-28(32-2,27(31)38)24(18-7-5-4-6-8-18)26(37)34-11-9-33(10-12-34)25(36)23-16-19-15-20(29)21(30)17-22(19)35(23)13-14-39-3/h15-18,24,32H,4-14H2,1-3H3,(H2,31,38)/t24-,28?/m1/s1. The number of hydrogen-bond donors (Lipinski definition) is 2. The number of fused-ring (bicyclic) bond motifs is 1. The van der Waals surface area contributed by atoms with E-state index in [1.165, 1.54) is 7.11 Å². The summed E-state index contributed by atoms with van der Waals surface area (Å²) in [6, 6.07) is 3.75. The van der Waals surface area contributed by atoms with Crippen LogP contribution in [0.5, 0.6) is 0 Å². The molecule has 2 atom stereocenters. The van der Waals surface area contributed by atoms with Crippen molar-refractivity contribution in [1.29, 1.82) is 0 Å². The van der Waals surface area contributed by atoms with E-state index in [0.29, 0.717) is 49.3 Å². The number of nitrogens with two attached hydrogens (primary N) is 1. The van der Waals surface area contributed by atoms with Crippen LogP contribution < -0.4 is 11.1 Å². The van der Waals surface area contributed by atoms with Gasteiger partial charge in [-0.3, -0.25) is 14.4 Å². The number of rotatable bonds is 9. The largest absolute Gasteiger partial charge is 0.383 e. The lowest BCUT2D eigenvalue weighted by Gasteiger charge is -2.44. The molecule has 0 spiro atoms. The number of carbonyl (C=O) groups excluding carboxylic acids is 3. The van der Waals surface area contributed by atoms with E-state index in [0.717, 1.165) is 44.2 Å². The molecule has 1 saturated heterocycles. The van der Waals surface area contributed by atoms with Crippen molar-refractivity contribution in [3.63, 3.8) is 0 Å². The summed E-state index contributed by atoms with van der Waals surface area (Å²) in [5, 5.41) is 3.46. The van der Waals surface area contributed by atoms with Gasteiger partial charge in [0.2, 0.25) is 11.8 Å². The average molecular weight is 548 g/mol. The average Bonchev–Trinajstić information content (AvgIpc) is 3.28. The predicted octanol–water partition coefficient (Wildman–Crippen LogP) is 2.51. The molecule has 39 heavy (non-hydrogen) atoms. The van der Waals surface area contributed by atoms with Crippen molar-refractivity contribution in [2.75, 3.05) is 46.9 Å². The minimum Gasteiger partial charge on any atom is -0.383 e. The molecule has 3 N–H and O–H groups in total. The highest BCUT2D eigenvalue weighted by molar-refractivity contribution is 5.99. The van der Waals surface area contributed by atoms with E-state index in [9.17, 15) is 23.2 Å². The molecule has 9 nitrogen and oxygen atoms in total. The SMILES string of the molecule is CNC(C)(C(N)=O)[C@@H](C(=O)N1CCN(C(=O)c2cc3cc(F)c(F)cc3n2CCOC)CC1)C1CCCCC1. The van der Waals surface area contributed by atoms with Crippen LogP contribution in [0.1, 0.15) is 49.5 Å². The van der Waals surface area contributed by atoms with E-state index >= 15 is 0 Å². The number of amides is 3. The van der Waals surface area contributed by atoms with Crippen molar-refractivity contribution in [3.05, 3.63) is 35.5 Å². The molecule has 1 saturated carbocycles. The van der Waals surface area contributed by atoms with E-state index in [4.69, 9.17) is 10.5 Å². The monoisotopic (exact) mass is 547 g/mol. The molecule has 1 aliphatic carbocycles. The minimum absolute atomic E-state index is 0.0492. The second-order valence-electron chi connectivity index (χ2n) is 10.8. The van der Waals surface area contributed by atoms with Gasteiger partial charge in [-0.2, -0.15) is 0 Å². The number of hydrogen-bond acceptors (Lipinski definition) is 5. The Morgan fingerprint density at radius 1 is 1.05 bits per heavy atom. The van der Waals surface area contributed by atoms with Crippen LogP contribution in [-0.4, -0.2) is 84.6 Å². The summed E-state index contributed by atoms with van der Waals surface area (Å²) in [7, 11) is 3.19. The fourth-order valence-corrected chi connectivity index (χ4v) is 6.16. The zero-order chi connectivity index (χ0) is 28.3. The van der Waals surface area contributed by atoms with E-state index in [-0.39, 0.29) is 24.3 Å². The summed E-state index contributed by atoms with van der Waals surface area (Å²) in [4.78, 5) is 43.4. The molecule has 1 aromatic heterocycles. The molecule has 2 aliphatic rings. The maximum absolute atomic E-state index is 14.0. The number of methoxy groups -OCH3 is 1. The van der Waals surface area contributed by atoms with Crippen molar-refractivity contribution in [1.82, 2.24) is 19.7 Å². The first-order valence-corrected chi connectivity index (χ1v) is 13.7. The predicted molar refractivity (Wildman–Crippen MR) is 143 cm³/mol. The fourth-order valence-electron chi connectivity index (χ4n) is 6.16. The summed E-state index contributed by atoms with van der Waals surface area (Å²) in [6.45, 7) is 3.51. The Kier molecular flexibility index (Phi) is 8.90. The van der Waals surface area contributed by atoms with Gasteiger partial charge in [0.15, 0.2) is 11.6 Å². The Labute approximate surface area is 227 Å². The molecule has 1 unspecified atom stereocenters. The summed E-state index contributed by atoms with van der Waals surface area (Å²) < 4.78 is 34.7. The molecule has 0 radical (unpaired) electrons. The fraction of sp³-hybridized carbons (Fsp3) is 0.607. The lowest BCUT2D eigenvalue weighted by molar-refractivity contribution is -0.147. The minimum atomic E-state index is -1.18. The third kappa shape index (κ3) is 5.65. The van der Waals surface area contributed by atoms with Crippen LogP contribution in [0.25, 0.3) is 10.9 Å². The van der Waals surface area contributed by atoms with Crippen LogP contribution in [0.2, 0.25) is 0 Å². The van der Waals surface area contributed by atoms with Gasteiger partial charge >= 0.3 is 0 Å². The number of halogens is 2. The number of aromatic nitrogens is 1. The van der Waals surface area contributed by atoms with Gasteiger partial charge in [-0.05, 0) is 44.9 Å². The zero-order valence-corrected chi connectivity index (χ0v) is 23.0. The third-order valence-electron chi connectivity index (χ3n) is 8.60. The quantitative estimate of drug-likeness (QED) is 0.502. The lowest BCUT2D eigenvalue weighted by atomic mass is 9.69. The van der Waals surface area contributed by atoms with Gasteiger partial charge < -0.3 is 30.2 Å². The van der Waals surface area contributed by atoms with Crippen LogP contribution >= 0.6 is 0 Å². The van der Waals surface area contributed by atoms with E-state index in [2.05, 4.69) is 5.32 Å². The van der Waals surface area contributed by atoms with Gasteiger partial charge in [0, 0.05) is 51.3 Å². The van der Waals surface area contributed by atoms with Crippen molar-refractivity contribution in [2.24, 2.45) is 17.6 Å². The Morgan fingerprint density at radius 3 is 2.26 bits per heavy atom. The number of carbonyl (C=O) groups is 3. The van der Waals surface area contributed by atoms with Gasteiger partial charge in [-0.25, -0.2) is 8.78 Å². The molecular formula is C28H39F2N5O4. The Bertz CT molecular complexity index is 1220. The maximum Gasteiger partial charge on any atom is 0.270 e. The zero-order valence-electron chi connectivity index (χ0n) is 23.0. The Morgan fingerprint density at radius 2 is 1.67 bits per heavy atom. The second-order valence-corrected chi connectivity index (χ2v) is 10.8. The van der Waals surface area contributed by atoms with Gasteiger partial charge in [-0.1, -0.05) is 19.3 Å². The van der Waals surface area contributed by atoms with E-state index in [1.54, 1.807) is 34.4 Å². The molecule has 11 heteroatoms. The highest BCUT2D eigenvalue weighted by Crippen LogP contribution is 2.37.